The Morgan fingerprint density at radius 1 is 1.32 bits per heavy atom. The fourth-order valence-corrected chi connectivity index (χ4v) is 4.01. The molecule has 2 rings (SSSR count). The normalized spacial score (nSPS) is 17.2. The van der Waals surface area contributed by atoms with Crippen molar-refractivity contribution in [3.63, 3.8) is 0 Å². The third-order valence-electron chi connectivity index (χ3n) is 3.86. The van der Waals surface area contributed by atoms with Crippen LogP contribution < -0.4 is 10.1 Å². The Labute approximate surface area is 131 Å². The molecule has 0 saturated carbocycles. The summed E-state index contributed by atoms with van der Waals surface area (Å²) in [6.07, 6.45) is 1.74. The third kappa shape index (κ3) is 3.59. The minimum absolute atomic E-state index is 0.173. The summed E-state index contributed by atoms with van der Waals surface area (Å²) < 4.78 is 32.1. The summed E-state index contributed by atoms with van der Waals surface area (Å²) in [5.74, 6) is 0.707. The van der Waals surface area contributed by atoms with Gasteiger partial charge in [0.15, 0.2) is 0 Å². The lowest BCUT2D eigenvalue weighted by molar-refractivity contribution is -0.114. The molecule has 1 aromatic carbocycles. The molecule has 7 heteroatoms. The van der Waals surface area contributed by atoms with E-state index >= 15 is 0 Å². The minimum atomic E-state index is -3.54. The van der Waals surface area contributed by atoms with Gasteiger partial charge in [-0.05, 0) is 37.0 Å². The Hall–Kier alpha value is -1.60. The summed E-state index contributed by atoms with van der Waals surface area (Å²) >= 11 is 0. The molecule has 0 radical (unpaired) electrons. The van der Waals surface area contributed by atoms with E-state index in [1.807, 2.05) is 0 Å². The van der Waals surface area contributed by atoms with Gasteiger partial charge in [-0.3, -0.25) is 4.79 Å². The molecule has 1 saturated heterocycles. The number of anilines is 1. The minimum Gasteiger partial charge on any atom is -0.495 e. The summed E-state index contributed by atoms with van der Waals surface area (Å²) in [6.45, 7) is 4.56. The Morgan fingerprint density at radius 3 is 2.50 bits per heavy atom. The van der Waals surface area contributed by atoms with E-state index in [1.54, 1.807) is 6.07 Å². The van der Waals surface area contributed by atoms with Gasteiger partial charge in [-0.15, -0.1) is 0 Å². The monoisotopic (exact) mass is 326 g/mol. The van der Waals surface area contributed by atoms with Crippen molar-refractivity contribution in [1.82, 2.24) is 4.31 Å². The number of hydrogen-bond acceptors (Lipinski definition) is 4. The molecular weight excluding hydrogens is 304 g/mol. The van der Waals surface area contributed by atoms with Gasteiger partial charge in [-0.25, -0.2) is 8.42 Å². The van der Waals surface area contributed by atoms with E-state index in [-0.39, 0.29) is 10.8 Å². The largest absolute Gasteiger partial charge is 0.495 e. The predicted molar refractivity (Wildman–Crippen MR) is 84.5 cm³/mol. The van der Waals surface area contributed by atoms with Crippen LogP contribution in [0, 0.1) is 5.92 Å². The lowest BCUT2D eigenvalue weighted by atomic mass is 10.0. The first-order valence-electron chi connectivity index (χ1n) is 7.30. The van der Waals surface area contributed by atoms with Crippen molar-refractivity contribution < 1.29 is 17.9 Å². The molecule has 0 spiro atoms. The Kier molecular flexibility index (Phi) is 5.08. The quantitative estimate of drug-likeness (QED) is 0.919. The standard InChI is InChI=1S/C15H22N2O4S/c1-11-6-8-17(9-7-11)22(19,20)13-4-5-15(21-3)14(10-13)16-12(2)18/h4-5,10-11H,6-9H2,1-3H3,(H,16,18). The fourth-order valence-electron chi connectivity index (χ4n) is 2.51. The van der Waals surface area contributed by atoms with Crippen LogP contribution in [0.3, 0.4) is 0 Å². The van der Waals surface area contributed by atoms with Crippen LogP contribution in [0.5, 0.6) is 5.75 Å². The van der Waals surface area contributed by atoms with Crippen molar-refractivity contribution in [3.05, 3.63) is 18.2 Å². The van der Waals surface area contributed by atoms with E-state index in [0.29, 0.717) is 30.4 Å². The summed E-state index contributed by atoms with van der Waals surface area (Å²) in [6, 6.07) is 4.52. The Balaban J connectivity index is 2.32. The molecule has 0 bridgehead atoms. The topological polar surface area (TPSA) is 75.7 Å². The highest BCUT2D eigenvalue weighted by atomic mass is 32.2. The zero-order valence-corrected chi connectivity index (χ0v) is 13.9. The Morgan fingerprint density at radius 2 is 1.95 bits per heavy atom. The summed E-state index contributed by atoms with van der Waals surface area (Å²) in [4.78, 5) is 11.4. The van der Waals surface area contributed by atoms with Gasteiger partial charge in [0.25, 0.3) is 0 Å². The highest BCUT2D eigenvalue weighted by Crippen LogP contribution is 2.30. The molecule has 0 aromatic heterocycles. The van der Waals surface area contributed by atoms with E-state index in [4.69, 9.17) is 4.74 Å². The second-order valence-corrected chi connectivity index (χ2v) is 7.57. The second-order valence-electron chi connectivity index (χ2n) is 5.63. The van der Waals surface area contributed by atoms with Gasteiger partial charge >= 0.3 is 0 Å². The summed E-state index contributed by atoms with van der Waals surface area (Å²) in [5, 5.41) is 2.60. The maximum absolute atomic E-state index is 12.7. The highest BCUT2D eigenvalue weighted by molar-refractivity contribution is 7.89. The number of rotatable bonds is 4. The number of nitrogens with zero attached hydrogens (tertiary/aromatic N) is 1. The van der Waals surface area contributed by atoms with Crippen molar-refractivity contribution >= 4 is 21.6 Å². The van der Waals surface area contributed by atoms with Crippen LogP contribution in [-0.4, -0.2) is 38.8 Å². The molecule has 0 atom stereocenters. The van der Waals surface area contributed by atoms with Crippen molar-refractivity contribution in [1.29, 1.82) is 0 Å². The molecular formula is C15H22N2O4S. The molecule has 1 fully saturated rings. The molecule has 1 amide bonds. The van der Waals surface area contributed by atoms with Crippen LogP contribution in [0.2, 0.25) is 0 Å². The molecule has 1 heterocycles. The first-order chi connectivity index (χ1) is 10.3. The van der Waals surface area contributed by atoms with Crippen LogP contribution in [0.4, 0.5) is 5.69 Å². The van der Waals surface area contributed by atoms with Crippen LogP contribution in [0.15, 0.2) is 23.1 Å². The first kappa shape index (κ1) is 16.8. The molecule has 122 valence electrons. The average molecular weight is 326 g/mol. The number of methoxy groups -OCH3 is 1. The van der Waals surface area contributed by atoms with E-state index in [1.165, 1.54) is 30.5 Å². The van der Waals surface area contributed by atoms with E-state index in [9.17, 15) is 13.2 Å². The number of carbonyl (C=O) groups is 1. The van der Waals surface area contributed by atoms with Crippen LogP contribution >= 0.6 is 0 Å². The Bertz CT molecular complexity index is 650. The smallest absolute Gasteiger partial charge is 0.243 e. The fraction of sp³-hybridized carbons (Fsp3) is 0.533. The van der Waals surface area contributed by atoms with Gasteiger partial charge in [0.2, 0.25) is 15.9 Å². The lowest BCUT2D eigenvalue weighted by Gasteiger charge is -2.29. The van der Waals surface area contributed by atoms with Crippen LogP contribution in [0.25, 0.3) is 0 Å². The molecule has 22 heavy (non-hydrogen) atoms. The van der Waals surface area contributed by atoms with Crippen molar-refractivity contribution in [2.45, 2.75) is 31.6 Å². The average Bonchev–Trinajstić information content (AvgIpc) is 2.47. The summed E-state index contributed by atoms with van der Waals surface area (Å²) in [5.41, 5.74) is 0.362. The molecule has 0 aliphatic carbocycles. The number of hydrogen-bond donors (Lipinski definition) is 1. The van der Waals surface area contributed by atoms with Crippen LogP contribution in [0.1, 0.15) is 26.7 Å². The number of carbonyl (C=O) groups excluding carboxylic acids is 1. The van der Waals surface area contributed by atoms with Crippen molar-refractivity contribution in [2.75, 3.05) is 25.5 Å². The number of benzene rings is 1. The summed E-state index contributed by atoms with van der Waals surface area (Å²) in [7, 11) is -2.07. The van der Waals surface area contributed by atoms with Crippen LogP contribution in [-0.2, 0) is 14.8 Å². The highest BCUT2D eigenvalue weighted by Gasteiger charge is 2.28. The molecule has 1 aliphatic heterocycles. The predicted octanol–water partition coefficient (Wildman–Crippen LogP) is 2.07. The number of piperidine rings is 1. The lowest BCUT2D eigenvalue weighted by Crippen LogP contribution is -2.37. The molecule has 0 unspecified atom stereocenters. The number of ether oxygens (including phenoxy) is 1. The van der Waals surface area contributed by atoms with E-state index in [2.05, 4.69) is 12.2 Å². The molecule has 1 aliphatic rings. The van der Waals surface area contributed by atoms with Gasteiger partial charge in [0, 0.05) is 20.0 Å². The van der Waals surface area contributed by atoms with Crippen molar-refractivity contribution in [3.8, 4) is 5.75 Å². The third-order valence-corrected chi connectivity index (χ3v) is 5.76. The van der Waals surface area contributed by atoms with Gasteiger partial charge in [-0.1, -0.05) is 6.92 Å². The number of sulfonamides is 1. The van der Waals surface area contributed by atoms with E-state index in [0.717, 1.165) is 12.8 Å². The van der Waals surface area contributed by atoms with Gasteiger partial charge in [0.05, 0.1) is 17.7 Å². The second kappa shape index (κ2) is 6.66. The van der Waals surface area contributed by atoms with Gasteiger partial charge in [-0.2, -0.15) is 4.31 Å². The van der Waals surface area contributed by atoms with Gasteiger partial charge < -0.3 is 10.1 Å². The molecule has 6 nitrogen and oxygen atoms in total. The first-order valence-corrected chi connectivity index (χ1v) is 8.74. The van der Waals surface area contributed by atoms with Gasteiger partial charge in [0.1, 0.15) is 5.75 Å². The zero-order chi connectivity index (χ0) is 16.3. The van der Waals surface area contributed by atoms with E-state index < -0.39 is 10.0 Å². The SMILES string of the molecule is COc1ccc(S(=O)(=O)N2CCC(C)CC2)cc1NC(C)=O. The number of nitrogens with one attached hydrogen (secondary N) is 1. The molecule has 1 N–H and O–H groups in total. The zero-order valence-electron chi connectivity index (χ0n) is 13.1. The number of amides is 1. The molecule has 1 aromatic rings. The van der Waals surface area contributed by atoms with Crippen molar-refractivity contribution in [2.24, 2.45) is 5.92 Å². The maximum atomic E-state index is 12.7. The maximum Gasteiger partial charge on any atom is 0.243 e.